The van der Waals surface area contributed by atoms with Gasteiger partial charge in [0, 0.05) is 6.04 Å². The second-order valence-electron chi connectivity index (χ2n) is 4.41. The largest absolute Gasteiger partial charge is 0.501 e. The Morgan fingerprint density at radius 3 is 2.79 bits per heavy atom. The van der Waals surface area contributed by atoms with Crippen LogP contribution in [0.1, 0.15) is 40.0 Å². The van der Waals surface area contributed by atoms with E-state index in [0.29, 0.717) is 6.04 Å². The van der Waals surface area contributed by atoms with Crippen LogP contribution in [0.25, 0.3) is 0 Å². The molecule has 0 fully saturated rings. The first-order valence-corrected chi connectivity index (χ1v) is 5.78. The minimum absolute atomic E-state index is 0.528. The lowest BCUT2D eigenvalue weighted by molar-refractivity contribution is 0.217. The van der Waals surface area contributed by atoms with Crippen molar-refractivity contribution in [3.05, 3.63) is 11.8 Å². The van der Waals surface area contributed by atoms with Gasteiger partial charge in [-0.3, -0.25) is 0 Å². The van der Waals surface area contributed by atoms with Gasteiger partial charge in [0.15, 0.2) is 0 Å². The van der Waals surface area contributed by atoms with E-state index in [-0.39, 0.29) is 0 Å². The molecule has 0 bridgehead atoms. The van der Waals surface area contributed by atoms with Crippen molar-refractivity contribution < 1.29 is 4.74 Å². The summed E-state index contributed by atoms with van der Waals surface area (Å²) >= 11 is 0. The fourth-order valence-corrected chi connectivity index (χ4v) is 1.92. The van der Waals surface area contributed by atoms with Crippen molar-refractivity contribution in [2.24, 2.45) is 5.92 Å². The van der Waals surface area contributed by atoms with Crippen molar-refractivity contribution in [2.45, 2.75) is 46.1 Å². The second-order valence-corrected chi connectivity index (χ2v) is 4.41. The van der Waals surface area contributed by atoms with Crippen molar-refractivity contribution in [3.63, 3.8) is 0 Å². The first-order chi connectivity index (χ1) is 6.74. The maximum Gasteiger partial charge on any atom is 0.0876 e. The molecule has 1 aliphatic heterocycles. The molecule has 1 rings (SSSR count). The van der Waals surface area contributed by atoms with E-state index in [1.54, 1.807) is 0 Å². The van der Waals surface area contributed by atoms with Gasteiger partial charge in [-0.05, 0) is 37.3 Å². The molecule has 0 saturated heterocycles. The standard InChI is InChI=1S/C12H23NO/c1-4-13-12(8-10(2)3)11-6-5-7-14-9-11/h9-10,12-13H,4-8H2,1-3H3. The van der Waals surface area contributed by atoms with Crippen LogP contribution in [0.4, 0.5) is 0 Å². The minimum Gasteiger partial charge on any atom is -0.501 e. The van der Waals surface area contributed by atoms with E-state index >= 15 is 0 Å². The molecule has 2 nitrogen and oxygen atoms in total. The van der Waals surface area contributed by atoms with Gasteiger partial charge in [0.1, 0.15) is 0 Å². The Hall–Kier alpha value is -0.500. The topological polar surface area (TPSA) is 21.3 Å². The summed E-state index contributed by atoms with van der Waals surface area (Å²) < 4.78 is 5.39. The zero-order chi connectivity index (χ0) is 10.4. The second kappa shape index (κ2) is 6.07. The van der Waals surface area contributed by atoms with Gasteiger partial charge in [0.05, 0.1) is 12.9 Å². The molecule has 1 N–H and O–H groups in total. The van der Waals surface area contributed by atoms with Crippen molar-refractivity contribution in [1.29, 1.82) is 0 Å². The molecule has 0 aromatic heterocycles. The lowest BCUT2D eigenvalue weighted by Crippen LogP contribution is -2.33. The van der Waals surface area contributed by atoms with E-state index in [1.165, 1.54) is 24.8 Å². The molecule has 0 amide bonds. The molecule has 14 heavy (non-hydrogen) atoms. The Labute approximate surface area is 87.7 Å². The van der Waals surface area contributed by atoms with Gasteiger partial charge in [-0.2, -0.15) is 0 Å². The Kier molecular flexibility index (Phi) is 5.02. The van der Waals surface area contributed by atoms with Gasteiger partial charge in [-0.15, -0.1) is 0 Å². The highest BCUT2D eigenvalue weighted by atomic mass is 16.5. The van der Waals surface area contributed by atoms with Gasteiger partial charge >= 0.3 is 0 Å². The summed E-state index contributed by atoms with van der Waals surface area (Å²) in [6.45, 7) is 8.64. The Morgan fingerprint density at radius 1 is 1.50 bits per heavy atom. The molecule has 2 heteroatoms. The predicted octanol–water partition coefficient (Wildman–Crippen LogP) is 2.70. The van der Waals surface area contributed by atoms with E-state index in [1.807, 2.05) is 6.26 Å². The van der Waals surface area contributed by atoms with Crippen LogP contribution in [-0.4, -0.2) is 19.2 Å². The first kappa shape index (κ1) is 11.6. The van der Waals surface area contributed by atoms with Gasteiger partial charge in [-0.1, -0.05) is 20.8 Å². The third-order valence-electron chi connectivity index (χ3n) is 2.57. The molecule has 0 aromatic rings. The van der Waals surface area contributed by atoms with Crippen LogP contribution in [0.15, 0.2) is 11.8 Å². The van der Waals surface area contributed by atoms with Crippen LogP contribution < -0.4 is 5.32 Å². The highest BCUT2D eigenvalue weighted by Gasteiger charge is 2.16. The molecule has 1 heterocycles. The molecule has 0 radical (unpaired) electrons. The fourth-order valence-electron chi connectivity index (χ4n) is 1.92. The number of hydrogen-bond donors (Lipinski definition) is 1. The van der Waals surface area contributed by atoms with Crippen LogP contribution >= 0.6 is 0 Å². The maximum absolute atomic E-state index is 5.39. The van der Waals surface area contributed by atoms with E-state index in [2.05, 4.69) is 26.1 Å². The summed E-state index contributed by atoms with van der Waals surface area (Å²) in [7, 11) is 0. The number of likely N-dealkylation sites (N-methyl/N-ethyl adjacent to an activating group) is 1. The van der Waals surface area contributed by atoms with Crippen LogP contribution in [-0.2, 0) is 4.74 Å². The first-order valence-electron chi connectivity index (χ1n) is 5.78. The smallest absolute Gasteiger partial charge is 0.0876 e. The van der Waals surface area contributed by atoms with Crippen molar-refractivity contribution in [2.75, 3.05) is 13.2 Å². The normalized spacial score (nSPS) is 19.0. The summed E-state index contributed by atoms with van der Waals surface area (Å²) in [6.07, 6.45) is 5.55. The van der Waals surface area contributed by atoms with Gasteiger partial charge in [-0.25, -0.2) is 0 Å². The van der Waals surface area contributed by atoms with Crippen molar-refractivity contribution >= 4 is 0 Å². The fraction of sp³-hybridized carbons (Fsp3) is 0.833. The zero-order valence-electron chi connectivity index (χ0n) is 9.68. The van der Waals surface area contributed by atoms with Crippen LogP contribution in [0.3, 0.4) is 0 Å². The summed E-state index contributed by atoms with van der Waals surface area (Å²) in [6, 6.07) is 0.528. The SMILES string of the molecule is CCNC(CC(C)C)C1=COCCC1. The van der Waals surface area contributed by atoms with Gasteiger partial charge in [0.25, 0.3) is 0 Å². The van der Waals surface area contributed by atoms with E-state index in [9.17, 15) is 0 Å². The van der Waals surface area contributed by atoms with Crippen molar-refractivity contribution in [3.8, 4) is 0 Å². The predicted molar refractivity (Wildman–Crippen MR) is 60.2 cm³/mol. The van der Waals surface area contributed by atoms with Gasteiger partial charge in [0.2, 0.25) is 0 Å². The lowest BCUT2D eigenvalue weighted by Gasteiger charge is -2.25. The average Bonchev–Trinajstić information content (AvgIpc) is 2.18. The number of rotatable bonds is 5. The van der Waals surface area contributed by atoms with Crippen LogP contribution in [0, 0.1) is 5.92 Å². The highest BCUT2D eigenvalue weighted by molar-refractivity contribution is 5.10. The molecule has 1 atom stereocenters. The lowest BCUT2D eigenvalue weighted by atomic mass is 9.94. The molecule has 1 aliphatic rings. The number of nitrogens with one attached hydrogen (secondary N) is 1. The average molecular weight is 197 g/mol. The molecule has 0 spiro atoms. The zero-order valence-corrected chi connectivity index (χ0v) is 9.68. The molecular weight excluding hydrogens is 174 g/mol. The molecule has 1 unspecified atom stereocenters. The summed E-state index contributed by atoms with van der Waals surface area (Å²) in [4.78, 5) is 0. The maximum atomic E-state index is 5.39. The summed E-state index contributed by atoms with van der Waals surface area (Å²) in [5.74, 6) is 0.738. The molecule has 82 valence electrons. The Morgan fingerprint density at radius 2 is 2.29 bits per heavy atom. The molecule has 0 aliphatic carbocycles. The number of hydrogen-bond acceptors (Lipinski definition) is 2. The van der Waals surface area contributed by atoms with Gasteiger partial charge < -0.3 is 10.1 Å². The Balaban J connectivity index is 2.51. The molecule has 0 aromatic carbocycles. The van der Waals surface area contributed by atoms with Crippen LogP contribution in [0.2, 0.25) is 0 Å². The van der Waals surface area contributed by atoms with Crippen LogP contribution in [0.5, 0.6) is 0 Å². The third-order valence-corrected chi connectivity index (χ3v) is 2.57. The summed E-state index contributed by atoms with van der Waals surface area (Å²) in [5, 5.41) is 3.54. The number of ether oxygens (including phenoxy) is 1. The summed E-state index contributed by atoms with van der Waals surface area (Å²) in [5.41, 5.74) is 1.45. The Bertz CT molecular complexity index is 187. The third kappa shape index (κ3) is 3.70. The van der Waals surface area contributed by atoms with E-state index < -0.39 is 0 Å². The van der Waals surface area contributed by atoms with E-state index in [0.717, 1.165) is 19.1 Å². The highest BCUT2D eigenvalue weighted by Crippen LogP contribution is 2.20. The molecule has 0 saturated carbocycles. The minimum atomic E-state index is 0.528. The monoisotopic (exact) mass is 197 g/mol. The van der Waals surface area contributed by atoms with Crippen molar-refractivity contribution in [1.82, 2.24) is 5.32 Å². The molecular formula is C12H23NO. The van der Waals surface area contributed by atoms with E-state index in [4.69, 9.17) is 4.74 Å². The quantitative estimate of drug-likeness (QED) is 0.731.